The van der Waals surface area contributed by atoms with Gasteiger partial charge in [0.15, 0.2) is 10.9 Å². The SMILES string of the molecule is Cc1cc(C)c(-n2cncc2-c2cc(O)c(O)c([N+](=O)[O-])c2)c(Cl)n1. The lowest BCUT2D eigenvalue weighted by molar-refractivity contribution is -0.385. The number of benzene rings is 1. The number of nitrogens with zero attached hydrogens (tertiary/aromatic N) is 4. The summed E-state index contributed by atoms with van der Waals surface area (Å²) in [4.78, 5) is 18.6. The number of imidazole rings is 1. The normalized spacial score (nSPS) is 10.8. The summed E-state index contributed by atoms with van der Waals surface area (Å²) in [7, 11) is 0. The number of phenolic OH excluding ortho intramolecular Hbond substituents is 2. The number of nitro groups is 1. The van der Waals surface area contributed by atoms with Gasteiger partial charge in [-0.3, -0.25) is 14.7 Å². The number of nitro benzene ring substituents is 1. The number of aromatic hydroxyl groups is 2. The smallest absolute Gasteiger partial charge is 0.315 e. The van der Waals surface area contributed by atoms with Gasteiger partial charge < -0.3 is 10.2 Å². The first-order chi connectivity index (χ1) is 11.8. The number of rotatable bonds is 3. The van der Waals surface area contributed by atoms with Gasteiger partial charge in [0.2, 0.25) is 5.75 Å². The van der Waals surface area contributed by atoms with Crippen molar-refractivity contribution in [3.8, 4) is 28.4 Å². The minimum absolute atomic E-state index is 0.259. The van der Waals surface area contributed by atoms with E-state index in [0.29, 0.717) is 16.9 Å². The van der Waals surface area contributed by atoms with Gasteiger partial charge in [-0.2, -0.15) is 0 Å². The van der Waals surface area contributed by atoms with Crippen LogP contribution < -0.4 is 0 Å². The molecule has 0 saturated heterocycles. The molecule has 0 fully saturated rings. The minimum Gasteiger partial charge on any atom is -0.504 e. The molecule has 0 amide bonds. The Morgan fingerprint density at radius 1 is 1.24 bits per heavy atom. The van der Waals surface area contributed by atoms with Gasteiger partial charge in [0, 0.05) is 17.3 Å². The lowest BCUT2D eigenvalue weighted by atomic mass is 10.1. The third kappa shape index (κ3) is 2.87. The van der Waals surface area contributed by atoms with Crippen molar-refractivity contribution in [2.75, 3.05) is 0 Å². The van der Waals surface area contributed by atoms with E-state index < -0.39 is 22.1 Å². The maximum Gasteiger partial charge on any atom is 0.315 e. The summed E-state index contributed by atoms with van der Waals surface area (Å²) in [5.74, 6) is -1.38. The summed E-state index contributed by atoms with van der Waals surface area (Å²) in [6, 6.07) is 4.23. The van der Waals surface area contributed by atoms with Crippen molar-refractivity contribution in [1.82, 2.24) is 14.5 Å². The highest BCUT2D eigenvalue weighted by molar-refractivity contribution is 6.31. The predicted octanol–water partition coefficient (Wildman–Crippen LogP) is 3.52. The first-order valence-electron chi connectivity index (χ1n) is 7.16. The zero-order valence-electron chi connectivity index (χ0n) is 13.3. The zero-order chi connectivity index (χ0) is 18.3. The summed E-state index contributed by atoms with van der Waals surface area (Å²) in [6.07, 6.45) is 2.97. The molecule has 8 nitrogen and oxygen atoms in total. The lowest BCUT2D eigenvalue weighted by Gasteiger charge is -2.13. The Morgan fingerprint density at radius 3 is 2.60 bits per heavy atom. The van der Waals surface area contributed by atoms with E-state index >= 15 is 0 Å². The van der Waals surface area contributed by atoms with Crippen molar-refractivity contribution < 1.29 is 15.1 Å². The molecule has 0 saturated carbocycles. The van der Waals surface area contributed by atoms with Crippen LogP contribution in [0.1, 0.15) is 11.3 Å². The molecule has 128 valence electrons. The fourth-order valence-electron chi connectivity index (χ4n) is 2.65. The van der Waals surface area contributed by atoms with Crippen LogP contribution in [0.2, 0.25) is 5.15 Å². The van der Waals surface area contributed by atoms with Crippen LogP contribution in [0.5, 0.6) is 11.5 Å². The molecule has 2 heterocycles. The molecule has 0 radical (unpaired) electrons. The summed E-state index contributed by atoms with van der Waals surface area (Å²) >= 11 is 6.27. The molecule has 3 rings (SSSR count). The van der Waals surface area contributed by atoms with Crippen molar-refractivity contribution in [2.24, 2.45) is 0 Å². The maximum absolute atomic E-state index is 11.1. The molecule has 0 atom stereocenters. The van der Waals surface area contributed by atoms with E-state index in [1.54, 1.807) is 4.57 Å². The first-order valence-corrected chi connectivity index (χ1v) is 7.54. The third-order valence-corrected chi connectivity index (χ3v) is 3.97. The van der Waals surface area contributed by atoms with Crippen molar-refractivity contribution in [3.05, 3.63) is 57.2 Å². The molecular weight excluding hydrogens is 348 g/mol. The summed E-state index contributed by atoms with van der Waals surface area (Å²) in [5, 5.41) is 30.8. The molecular formula is C16H13ClN4O4. The summed E-state index contributed by atoms with van der Waals surface area (Å²) in [6.45, 7) is 3.68. The average molecular weight is 361 g/mol. The topological polar surface area (TPSA) is 114 Å². The predicted molar refractivity (Wildman–Crippen MR) is 91.3 cm³/mol. The second-order valence-electron chi connectivity index (χ2n) is 5.49. The van der Waals surface area contributed by atoms with Crippen LogP contribution >= 0.6 is 11.6 Å². The van der Waals surface area contributed by atoms with Gasteiger partial charge in [0.1, 0.15) is 0 Å². The Labute approximate surface area is 147 Å². The van der Waals surface area contributed by atoms with Crippen LogP contribution in [0.3, 0.4) is 0 Å². The van der Waals surface area contributed by atoms with E-state index in [0.717, 1.165) is 17.3 Å². The van der Waals surface area contributed by atoms with Crippen LogP contribution in [0, 0.1) is 24.0 Å². The Bertz CT molecular complexity index is 977. The fourth-order valence-corrected chi connectivity index (χ4v) is 3.03. The van der Waals surface area contributed by atoms with Gasteiger partial charge in [-0.05, 0) is 31.5 Å². The molecule has 2 N–H and O–H groups in total. The van der Waals surface area contributed by atoms with E-state index in [9.17, 15) is 20.3 Å². The van der Waals surface area contributed by atoms with E-state index in [4.69, 9.17) is 11.6 Å². The van der Waals surface area contributed by atoms with Crippen molar-refractivity contribution in [1.29, 1.82) is 0 Å². The average Bonchev–Trinajstić information content (AvgIpc) is 2.97. The third-order valence-electron chi connectivity index (χ3n) is 3.71. The van der Waals surface area contributed by atoms with Crippen LogP contribution in [0.4, 0.5) is 5.69 Å². The van der Waals surface area contributed by atoms with Crippen molar-refractivity contribution in [2.45, 2.75) is 13.8 Å². The Kier molecular flexibility index (Phi) is 4.05. The summed E-state index contributed by atoms with van der Waals surface area (Å²) < 4.78 is 1.62. The van der Waals surface area contributed by atoms with Crippen molar-refractivity contribution >= 4 is 17.3 Å². The van der Waals surface area contributed by atoms with Crippen LogP contribution in [-0.4, -0.2) is 29.7 Å². The number of hydrogen-bond acceptors (Lipinski definition) is 6. The molecule has 0 unspecified atom stereocenters. The Hall–Kier alpha value is -3.13. The van der Waals surface area contributed by atoms with Gasteiger partial charge in [-0.15, -0.1) is 0 Å². The summed E-state index contributed by atoms with van der Waals surface area (Å²) in [5.41, 5.74) is 2.33. The van der Waals surface area contributed by atoms with Gasteiger partial charge in [0.05, 0.1) is 28.8 Å². The zero-order valence-corrected chi connectivity index (χ0v) is 14.0. The molecule has 3 aromatic rings. The molecule has 0 aliphatic heterocycles. The highest BCUT2D eigenvalue weighted by atomic mass is 35.5. The van der Waals surface area contributed by atoms with Gasteiger partial charge in [0.25, 0.3) is 0 Å². The number of aryl methyl sites for hydroxylation is 2. The second kappa shape index (κ2) is 6.06. The van der Waals surface area contributed by atoms with Gasteiger partial charge >= 0.3 is 5.69 Å². The molecule has 0 aliphatic rings. The van der Waals surface area contributed by atoms with Crippen LogP contribution in [0.15, 0.2) is 30.7 Å². The number of phenols is 2. The largest absolute Gasteiger partial charge is 0.504 e. The standard InChI is InChI=1S/C16H13ClN4O4/c1-8-3-9(2)19-16(17)14(8)20-7-18-6-12(20)10-4-11(21(24)25)15(23)13(22)5-10/h3-7,22-23H,1-2H3. The molecule has 9 heteroatoms. The molecule has 1 aromatic carbocycles. The first kappa shape index (κ1) is 16.7. The maximum atomic E-state index is 11.1. The minimum atomic E-state index is -0.786. The van der Waals surface area contributed by atoms with E-state index in [-0.39, 0.29) is 5.15 Å². The van der Waals surface area contributed by atoms with E-state index in [1.165, 1.54) is 18.6 Å². The van der Waals surface area contributed by atoms with E-state index in [2.05, 4.69) is 9.97 Å². The van der Waals surface area contributed by atoms with Gasteiger partial charge in [-0.1, -0.05) is 11.6 Å². The van der Waals surface area contributed by atoms with Crippen molar-refractivity contribution in [3.63, 3.8) is 0 Å². The molecule has 0 aliphatic carbocycles. The number of aromatic nitrogens is 3. The second-order valence-corrected chi connectivity index (χ2v) is 5.85. The molecule has 25 heavy (non-hydrogen) atoms. The number of halogens is 1. The molecule has 2 aromatic heterocycles. The Morgan fingerprint density at radius 2 is 1.96 bits per heavy atom. The van der Waals surface area contributed by atoms with E-state index in [1.807, 2.05) is 19.9 Å². The fraction of sp³-hybridized carbons (Fsp3) is 0.125. The highest BCUT2D eigenvalue weighted by Crippen LogP contribution is 2.40. The Balaban J connectivity index is 2.24. The van der Waals surface area contributed by atoms with Crippen LogP contribution in [-0.2, 0) is 0 Å². The molecule has 0 bridgehead atoms. The molecule has 0 spiro atoms. The monoisotopic (exact) mass is 360 g/mol. The quantitative estimate of drug-likeness (QED) is 0.319. The van der Waals surface area contributed by atoms with Crippen LogP contribution in [0.25, 0.3) is 16.9 Å². The number of pyridine rings is 1. The lowest BCUT2D eigenvalue weighted by Crippen LogP contribution is -2.02. The number of hydrogen-bond donors (Lipinski definition) is 2. The van der Waals surface area contributed by atoms with Gasteiger partial charge in [-0.25, -0.2) is 9.97 Å². The highest BCUT2D eigenvalue weighted by Gasteiger charge is 2.22.